The molecule has 0 unspecified atom stereocenters. The number of nitrogens with zero attached hydrogens (tertiary/aromatic N) is 3. The SMILES string of the molecule is C=CC(=O)Nc1cnc2c(c1)c(C)nn2-c1ccc(C(F)(F)F)s1. The van der Waals surface area contributed by atoms with Crippen LogP contribution in [0.4, 0.5) is 18.9 Å². The fourth-order valence-corrected chi connectivity index (χ4v) is 2.98. The van der Waals surface area contributed by atoms with Gasteiger partial charge in [-0.25, -0.2) is 9.67 Å². The number of thiophene rings is 1. The first-order valence-electron chi connectivity index (χ1n) is 6.76. The lowest BCUT2D eigenvalue weighted by molar-refractivity contribution is -0.134. The smallest absolute Gasteiger partial charge is 0.321 e. The summed E-state index contributed by atoms with van der Waals surface area (Å²) in [5.41, 5.74) is 1.46. The molecule has 3 heterocycles. The molecule has 0 fully saturated rings. The van der Waals surface area contributed by atoms with Crippen molar-refractivity contribution in [2.24, 2.45) is 0 Å². The average molecular weight is 352 g/mol. The standard InChI is InChI=1S/C15H11F3N4OS/c1-3-12(23)20-9-6-10-8(2)21-22(14(10)19-7-9)13-5-4-11(24-13)15(16,17)18/h3-7H,1H2,2H3,(H,20,23). The van der Waals surface area contributed by atoms with Crippen LogP contribution >= 0.6 is 11.3 Å². The van der Waals surface area contributed by atoms with Gasteiger partial charge in [0, 0.05) is 5.39 Å². The van der Waals surface area contributed by atoms with Gasteiger partial charge in [-0.2, -0.15) is 18.3 Å². The summed E-state index contributed by atoms with van der Waals surface area (Å²) < 4.78 is 39.6. The predicted octanol–water partition coefficient (Wildman–Crippen LogP) is 3.93. The summed E-state index contributed by atoms with van der Waals surface area (Å²) in [7, 11) is 0. The van der Waals surface area contributed by atoms with E-state index in [4.69, 9.17) is 0 Å². The van der Waals surface area contributed by atoms with Crippen molar-refractivity contribution >= 4 is 34.0 Å². The molecule has 0 saturated heterocycles. The molecule has 3 aromatic heterocycles. The number of rotatable bonds is 3. The maximum absolute atomic E-state index is 12.8. The first-order valence-corrected chi connectivity index (χ1v) is 7.57. The molecule has 24 heavy (non-hydrogen) atoms. The molecule has 5 nitrogen and oxygen atoms in total. The Kier molecular flexibility index (Phi) is 3.88. The Morgan fingerprint density at radius 3 is 2.79 bits per heavy atom. The van der Waals surface area contributed by atoms with Gasteiger partial charge in [-0.15, -0.1) is 11.3 Å². The topological polar surface area (TPSA) is 59.8 Å². The summed E-state index contributed by atoms with van der Waals surface area (Å²) in [6.07, 6.45) is -1.85. The number of pyridine rings is 1. The molecule has 1 N–H and O–H groups in total. The number of carbonyl (C=O) groups excluding carboxylic acids is 1. The molecule has 0 aliphatic heterocycles. The summed E-state index contributed by atoms with van der Waals surface area (Å²) >= 11 is 0.592. The van der Waals surface area contributed by atoms with Crippen molar-refractivity contribution in [3.8, 4) is 5.00 Å². The van der Waals surface area contributed by atoms with Crippen LogP contribution in [0.3, 0.4) is 0 Å². The number of aromatic nitrogens is 3. The lowest BCUT2D eigenvalue weighted by Crippen LogP contribution is -2.07. The molecule has 0 radical (unpaired) electrons. The van der Waals surface area contributed by atoms with E-state index in [-0.39, 0.29) is 5.91 Å². The van der Waals surface area contributed by atoms with Crippen molar-refractivity contribution in [3.63, 3.8) is 0 Å². The van der Waals surface area contributed by atoms with Crippen LogP contribution in [-0.4, -0.2) is 20.7 Å². The Morgan fingerprint density at radius 1 is 1.42 bits per heavy atom. The fraction of sp³-hybridized carbons (Fsp3) is 0.133. The lowest BCUT2D eigenvalue weighted by Gasteiger charge is -2.03. The summed E-state index contributed by atoms with van der Waals surface area (Å²) in [5, 5.41) is 7.79. The van der Waals surface area contributed by atoms with Crippen molar-refractivity contribution in [3.05, 3.63) is 47.6 Å². The van der Waals surface area contributed by atoms with E-state index in [2.05, 4.69) is 22.0 Å². The number of amides is 1. The Hall–Kier alpha value is -2.68. The first-order chi connectivity index (χ1) is 11.3. The molecule has 9 heteroatoms. The van der Waals surface area contributed by atoms with Crippen LogP contribution in [0.1, 0.15) is 10.6 Å². The van der Waals surface area contributed by atoms with Gasteiger partial charge in [-0.3, -0.25) is 4.79 Å². The highest BCUT2D eigenvalue weighted by atomic mass is 32.1. The third-order valence-electron chi connectivity index (χ3n) is 3.24. The monoisotopic (exact) mass is 352 g/mol. The molecular weight excluding hydrogens is 341 g/mol. The molecule has 0 bridgehead atoms. The van der Waals surface area contributed by atoms with Crippen molar-refractivity contribution in [1.29, 1.82) is 0 Å². The number of hydrogen-bond donors (Lipinski definition) is 1. The number of nitrogens with one attached hydrogen (secondary N) is 1. The van der Waals surface area contributed by atoms with Crippen LogP contribution in [-0.2, 0) is 11.0 Å². The van der Waals surface area contributed by atoms with Gasteiger partial charge in [0.25, 0.3) is 0 Å². The molecule has 0 aliphatic rings. The minimum Gasteiger partial charge on any atom is -0.321 e. The highest BCUT2D eigenvalue weighted by Gasteiger charge is 2.33. The van der Waals surface area contributed by atoms with E-state index in [1.807, 2.05) is 0 Å². The zero-order valence-corrected chi connectivity index (χ0v) is 13.2. The third-order valence-corrected chi connectivity index (χ3v) is 4.35. The molecule has 0 saturated carbocycles. The Bertz CT molecular complexity index is 942. The normalized spacial score (nSPS) is 11.7. The van der Waals surface area contributed by atoms with Gasteiger partial charge in [0.15, 0.2) is 5.65 Å². The van der Waals surface area contributed by atoms with Crippen molar-refractivity contribution in [2.75, 3.05) is 5.32 Å². The minimum absolute atomic E-state index is 0.316. The number of halogens is 3. The van der Waals surface area contributed by atoms with E-state index < -0.39 is 11.1 Å². The first kappa shape index (κ1) is 16.2. The van der Waals surface area contributed by atoms with Gasteiger partial charge in [0.2, 0.25) is 5.91 Å². The van der Waals surface area contributed by atoms with Crippen LogP contribution < -0.4 is 5.32 Å². The molecule has 0 spiro atoms. The maximum Gasteiger partial charge on any atom is 0.425 e. The second-order valence-corrected chi connectivity index (χ2v) is 5.98. The predicted molar refractivity (Wildman–Crippen MR) is 85.3 cm³/mol. The average Bonchev–Trinajstić information content (AvgIpc) is 3.12. The summed E-state index contributed by atoms with van der Waals surface area (Å²) in [4.78, 5) is 14.9. The molecule has 0 aromatic carbocycles. The van der Waals surface area contributed by atoms with E-state index >= 15 is 0 Å². The zero-order chi connectivity index (χ0) is 17.5. The lowest BCUT2D eigenvalue weighted by atomic mass is 10.2. The summed E-state index contributed by atoms with van der Waals surface area (Å²) in [5.74, 6) is -0.380. The van der Waals surface area contributed by atoms with Gasteiger partial charge in [0.05, 0.1) is 17.6 Å². The Balaban J connectivity index is 2.05. The van der Waals surface area contributed by atoms with Crippen molar-refractivity contribution in [1.82, 2.24) is 14.8 Å². The van der Waals surface area contributed by atoms with Gasteiger partial charge in [0.1, 0.15) is 9.88 Å². The number of carbonyl (C=O) groups is 1. The van der Waals surface area contributed by atoms with Crippen LogP contribution in [0.5, 0.6) is 0 Å². The summed E-state index contributed by atoms with van der Waals surface area (Å²) in [6.45, 7) is 5.08. The largest absolute Gasteiger partial charge is 0.425 e. The molecule has 1 amide bonds. The van der Waals surface area contributed by atoms with Gasteiger partial charge in [-0.05, 0) is 31.2 Å². The zero-order valence-electron chi connectivity index (χ0n) is 12.4. The van der Waals surface area contributed by atoms with Crippen LogP contribution in [0, 0.1) is 6.92 Å². The second kappa shape index (κ2) is 5.75. The minimum atomic E-state index is -4.39. The summed E-state index contributed by atoms with van der Waals surface area (Å²) in [6, 6.07) is 4.04. The third kappa shape index (κ3) is 2.90. The number of fused-ring (bicyclic) bond motifs is 1. The molecule has 3 rings (SSSR count). The highest BCUT2D eigenvalue weighted by molar-refractivity contribution is 7.14. The van der Waals surface area contributed by atoms with E-state index in [1.165, 1.54) is 16.9 Å². The van der Waals surface area contributed by atoms with Crippen LogP contribution in [0.25, 0.3) is 16.0 Å². The quantitative estimate of drug-likeness (QED) is 0.727. The Morgan fingerprint density at radius 2 is 2.17 bits per heavy atom. The van der Waals surface area contributed by atoms with Crippen LogP contribution in [0.15, 0.2) is 37.1 Å². The van der Waals surface area contributed by atoms with Crippen LogP contribution in [0.2, 0.25) is 0 Å². The maximum atomic E-state index is 12.8. The molecular formula is C15H11F3N4OS. The number of alkyl halides is 3. The molecule has 124 valence electrons. The van der Waals surface area contributed by atoms with E-state index in [9.17, 15) is 18.0 Å². The molecule has 3 aromatic rings. The molecule has 0 atom stereocenters. The fourth-order valence-electron chi connectivity index (χ4n) is 2.15. The highest BCUT2D eigenvalue weighted by Crippen LogP contribution is 2.36. The van der Waals surface area contributed by atoms with E-state index in [0.29, 0.717) is 38.8 Å². The van der Waals surface area contributed by atoms with Gasteiger partial charge < -0.3 is 5.32 Å². The van der Waals surface area contributed by atoms with E-state index in [1.54, 1.807) is 13.0 Å². The number of hydrogen-bond acceptors (Lipinski definition) is 4. The number of anilines is 1. The van der Waals surface area contributed by atoms with Gasteiger partial charge in [-0.1, -0.05) is 6.58 Å². The Labute approximate surface area is 138 Å². The van der Waals surface area contributed by atoms with Gasteiger partial charge >= 0.3 is 6.18 Å². The molecule has 0 aliphatic carbocycles. The van der Waals surface area contributed by atoms with Crippen molar-refractivity contribution in [2.45, 2.75) is 13.1 Å². The van der Waals surface area contributed by atoms with E-state index in [0.717, 1.165) is 12.1 Å². The second-order valence-electron chi connectivity index (χ2n) is 4.92. The number of aryl methyl sites for hydroxylation is 1. The van der Waals surface area contributed by atoms with Crippen molar-refractivity contribution < 1.29 is 18.0 Å².